The Bertz CT molecular complexity index is 1130. The minimum absolute atomic E-state index is 0.164. The fourth-order valence-corrected chi connectivity index (χ4v) is 4.27. The van der Waals surface area contributed by atoms with E-state index < -0.39 is 6.10 Å². The molecule has 29 heavy (non-hydrogen) atoms. The summed E-state index contributed by atoms with van der Waals surface area (Å²) >= 11 is 1.50. The molecule has 144 valence electrons. The first-order chi connectivity index (χ1) is 14.3. The molecular weight excluding hydrogens is 384 g/mol. The van der Waals surface area contributed by atoms with Crippen molar-refractivity contribution in [3.63, 3.8) is 0 Å². The summed E-state index contributed by atoms with van der Waals surface area (Å²) in [7, 11) is 0. The predicted molar refractivity (Wildman–Crippen MR) is 114 cm³/mol. The molecule has 0 bridgehead atoms. The van der Waals surface area contributed by atoms with Crippen LogP contribution in [0.3, 0.4) is 0 Å². The van der Waals surface area contributed by atoms with Gasteiger partial charge in [-0.25, -0.2) is 4.98 Å². The number of carbonyl (C=O) groups is 1. The number of para-hydroxylation sites is 3. The van der Waals surface area contributed by atoms with Gasteiger partial charge in [-0.3, -0.25) is 9.69 Å². The summed E-state index contributed by atoms with van der Waals surface area (Å²) in [5, 5.41) is 0.655. The van der Waals surface area contributed by atoms with Crippen molar-refractivity contribution >= 4 is 32.6 Å². The van der Waals surface area contributed by atoms with Crippen molar-refractivity contribution in [1.29, 1.82) is 0 Å². The number of ether oxygens (including phenoxy) is 2. The number of anilines is 1. The van der Waals surface area contributed by atoms with Gasteiger partial charge in [-0.1, -0.05) is 65.9 Å². The van der Waals surface area contributed by atoms with Crippen molar-refractivity contribution in [3.8, 4) is 11.5 Å². The third-order valence-corrected chi connectivity index (χ3v) is 5.81. The van der Waals surface area contributed by atoms with Gasteiger partial charge in [0.2, 0.25) is 6.10 Å². The van der Waals surface area contributed by atoms with Gasteiger partial charge in [0.05, 0.1) is 16.8 Å². The summed E-state index contributed by atoms with van der Waals surface area (Å²) in [6, 6.07) is 25.2. The van der Waals surface area contributed by atoms with Gasteiger partial charge in [-0.15, -0.1) is 0 Å². The van der Waals surface area contributed by atoms with Crippen LogP contribution in [-0.4, -0.2) is 23.6 Å². The van der Waals surface area contributed by atoms with Crippen LogP contribution in [0, 0.1) is 0 Å². The Morgan fingerprint density at radius 3 is 2.52 bits per heavy atom. The molecule has 5 rings (SSSR count). The van der Waals surface area contributed by atoms with Crippen molar-refractivity contribution in [2.24, 2.45) is 0 Å². The third-order valence-electron chi connectivity index (χ3n) is 4.75. The summed E-state index contributed by atoms with van der Waals surface area (Å²) in [5.74, 6) is 1.08. The van der Waals surface area contributed by atoms with Gasteiger partial charge in [0, 0.05) is 0 Å². The highest BCUT2D eigenvalue weighted by molar-refractivity contribution is 7.22. The molecule has 1 aliphatic rings. The van der Waals surface area contributed by atoms with E-state index in [1.165, 1.54) is 11.3 Å². The molecule has 4 aromatic rings. The van der Waals surface area contributed by atoms with Gasteiger partial charge in [0.25, 0.3) is 5.91 Å². The molecule has 2 heterocycles. The van der Waals surface area contributed by atoms with Crippen LogP contribution in [-0.2, 0) is 11.3 Å². The number of thiazole rings is 1. The van der Waals surface area contributed by atoms with Crippen LogP contribution < -0.4 is 14.4 Å². The van der Waals surface area contributed by atoms with Crippen LogP contribution >= 0.6 is 11.3 Å². The first-order valence-electron chi connectivity index (χ1n) is 9.37. The Morgan fingerprint density at radius 2 is 1.69 bits per heavy atom. The summed E-state index contributed by atoms with van der Waals surface area (Å²) in [4.78, 5) is 19.9. The number of hydrogen-bond acceptors (Lipinski definition) is 5. The standard InChI is InChI=1S/C23H18N2O3S/c26-22(20-15-27-18-11-5-6-12-19(18)28-20)25(14-16-8-2-1-3-9-16)23-24-17-10-4-7-13-21(17)29-23/h1-13,20H,14-15H2/t20-/m1/s1. The van der Waals surface area contributed by atoms with Crippen molar-refractivity contribution in [2.75, 3.05) is 11.5 Å². The predicted octanol–water partition coefficient (Wildman–Crippen LogP) is 4.67. The molecule has 0 N–H and O–H groups in total. The van der Waals surface area contributed by atoms with Crippen molar-refractivity contribution < 1.29 is 14.3 Å². The molecule has 0 spiro atoms. The smallest absolute Gasteiger partial charge is 0.273 e. The highest BCUT2D eigenvalue weighted by Crippen LogP contribution is 2.34. The molecule has 1 amide bonds. The zero-order valence-electron chi connectivity index (χ0n) is 15.5. The van der Waals surface area contributed by atoms with Gasteiger partial charge in [-0.05, 0) is 29.8 Å². The van der Waals surface area contributed by atoms with E-state index in [1.54, 1.807) is 4.90 Å². The third kappa shape index (κ3) is 3.54. The number of aromatic nitrogens is 1. The van der Waals surface area contributed by atoms with Crippen molar-refractivity contribution in [1.82, 2.24) is 4.98 Å². The number of carbonyl (C=O) groups excluding carboxylic acids is 1. The van der Waals surface area contributed by atoms with E-state index in [-0.39, 0.29) is 12.5 Å². The Hall–Kier alpha value is -3.38. The molecule has 6 heteroatoms. The van der Waals surface area contributed by atoms with E-state index in [2.05, 4.69) is 0 Å². The molecule has 3 aromatic carbocycles. The summed E-state index contributed by atoms with van der Waals surface area (Å²) < 4.78 is 12.8. The second-order valence-electron chi connectivity index (χ2n) is 6.74. The molecule has 1 atom stereocenters. The number of rotatable bonds is 4. The summed E-state index contributed by atoms with van der Waals surface area (Å²) in [5.41, 5.74) is 1.90. The fourth-order valence-electron chi connectivity index (χ4n) is 3.30. The number of fused-ring (bicyclic) bond motifs is 2. The number of amides is 1. The Morgan fingerprint density at radius 1 is 0.966 bits per heavy atom. The lowest BCUT2D eigenvalue weighted by Crippen LogP contribution is -2.46. The first-order valence-corrected chi connectivity index (χ1v) is 10.2. The lowest BCUT2D eigenvalue weighted by Gasteiger charge is -2.29. The number of benzene rings is 3. The normalized spacial score (nSPS) is 15.2. The van der Waals surface area contributed by atoms with E-state index >= 15 is 0 Å². The Labute approximate surface area is 172 Å². The second-order valence-corrected chi connectivity index (χ2v) is 7.75. The number of nitrogens with zero attached hydrogens (tertiary/aromatic N) is 2. The largest absolute Gasteiger partial charge is 0.485 e. The van der Waals surface area contributed by atoms with Crippen LogP contribution in [0.4, 0.5) is 5.13 Å². The van der Waals surface area contributed by atoms with Crippen molar-refractivity contribution in [2.45, 2.75) is 12.6 Å². The Kier molecular flexibility index (Phi) is 4.62. The Balaban J connectivity index is 1.48. The van der Waals surface area contributed by atoms with E-state index in [9.17, 15) is 4.79 Å². The molecule has 1 aromatic heterocycles. The van der Waals surface area contributed by atoms with E-state index in [0.717, 1.165) is 15.8 Å². The molecule has 1 aliphatic heterocycles. The molecule has 0 radical (unpaired) electrons. The maximum absolute atomic E-state index is 13.5. The van der Waals surface area contributed by atoms with E-state index in [4.69, 9.17) is 14.5 Å². The molecule has 0 aliphatic carbocycles. The minimum atomic E-state index is -0.722. The highest BCUT2D eigenvalue weighted by atomic mass is 32.1. The van der Waals surface area contributed by atoms with Gasteiger partial charge < -0.3 is 9.47 Å². The molecule has 0 saturated carbocycles. The van der Waals surface area contributed by atoms with Gasteiger partial charge in [-0.2, -0.15) is 0 Å². The highest BCUT2D eigenvalue weighted by Gasteiger charge is 2.33. The lowest BCUT2D eigenvalue weighted by atomic mass is 10.2. The quantitative estimate of drug-likeness (QED) is 0.498. The molecule has 0 unspecified atom stereocenters. The molecular formula is C23H18N2O3S. The minimum Gasteiger partial charge on any atom is -0.485 e. The molecule has 5 nitrogen and oxygen atoms in total. The van der Waals surface area contributed by atoms with Crippen LogP contribution in [0.2, 0.25) is 0 Å². The van der Waals surface area contributed by atoms with E-state index in [0.29, 0.717) is 23.2 Å². The average molecular weight is 402 g/mol. The SMILES string of the molecule is O=C([C@H]1COc2ccccc2O1)N(Cc1ccccc1)c1nc2ccccc2s1. The maximum atomic E-state index is 13.5. The molecule has 0 saturated heterocycles. The van der Waals surface area contributed by atoms with Crippen molar-refractivity contribution in [3.05, 3.63) is 84.4 Å². The van der Waals surface area contributed by atoms with E-state index in [1.807, 2.05) is 78.9 Å². The topological polar surface area (TPSA) is 51.7 Å². The second kappa shape index (κ2) is 7.56. The van der Waals surface area contributed by atoms with Gasteiger partial charge in [0.15, 0.2) is 16.6 Å². The van der Waals surface area contributed by atoms with Crippen LogP contribution in [0.1, 0.15) is 5.56 Å². The number of hydrogen-bond donors (Lipinski definition) is 0. The summed E-state index contributed by atoms with van der Waals surface area (Å²) in [6.45, 7) is 0.590. The monoisotopic (exact) mass is 402 g/mol. The van der Waals surface area contributed by atoms with Crippen LogP contribution in [0.25, 0.3) is 10.2 Å². The summed E-state index contributed by atoms with van der Waals surface area (Å²) in [6.07, 6.45) is -0.722. The maximum Gasteiger partial charge on any atom is 0.273 e. The van der Waals surface area contributed by atoms with Crippen LogP contribution in [0.5, 0.6) is 11.5 Å². The van der Waals surface area contributed by atoms with Gasteiger partial charge in [0.1, 0.15) is 6.61 Å². The first kappa shape index (κ1) is 17.7. The van der Waals surface area contributed by atoms with Gasteiger partial charge >= 0.3 is 0 Å². The fraction of sp³-hybridized carbons (Fsp3) is 0.130. The zero-order chi connectivity index (χ0) is 19.6. The molecule has 0 fully saturated rings. The lowest BCUT2D eigenvalue weighted by molar-refractivity contribution is -0.127. The average Bonchev–Trinajstić information content (AvgIpc) is 3.21. The van der Waals surface area contributed by atoms with Crippen LogP contribution in [0.15, 0.2) is 78.9 Å². The zero-order valence-corrected chi connectivity index (χ0v) is 16.3.